The monoisotopic (exact) mass is 487 g/mol. The molecule has 0 aliphatic carbocycles. The number of nitrogens with zero attached hydrogens (tertiary/aromatic N) is 4. The molecule has 2 heterocycles. The van der Waals surface area contributed by atoms with Gasteiger partial charge in [-0.2, -0.15) is 8.78 Å². The van der Waals surface area contributed by atoms with Gasteiger partial charge in [-0.05, 0) is 19.3 Å². The van der Waals surface area contributed by atoms with Crippen LogP contribution in [0.5, 0.6) is 0 Å². The van der Waals surface area contributed by atoms with E-state index in [1.165, 1.54) is 12.4 Å². The summed E-state index contributed by atoms with van der Waals surface area (Å²) in [5.41, 5.74) is 0. The third-order valence-corrected chi connectivity index (χ3v) is 4.16. The molecule has 0 bridgehead atoms. The van der Waals surface area contributed by atoms with E-state index < -0.39 is 6.55 Å². The van der Waals surface area contributed by atoms with Crippen molar-refractivity contribution in [2.24, 2.45) is 4.99 Å². The Kier molecular flexibility index (Phi) is 11.0. The first-order chi connectivity index (χ1) is 12.2. The minimum atomic E-state index is -2.59. The number of hydrogen-bond donors (Lipinski definition) is 1. The first-order valence-electron chi connectivity index (χ1n) is 8.51. The molecule has 1 saturated heterocycles. The summed E-state index contributed by atoms with van der Waals surface area (Å²) < 4.78 is 37.4. The average Bonchev–Trinajstić information content (AvgIpc) is 3.09. The fraction of sp³-hybridized carbons (Fsp3) is 0.750. The molecule has 1 aromatic heterocycles. The number of piperidine rings is 1. The number of alkyl halides is 2. The summed E-state index contributed by atoms with van der Waals surface area (Å²) in [6.07, 6.45) is 5.63. The van der Waals surface area contributed by atoms with E-state index in [0.29, 0.717) is 19.2 Å². The van der Waals surface area contributed by atoms with Crippen LogP contribution in [0.3, 0.4) is 0 Å². The van der Waals surface area contributed by atoms with Crippen molar-refractivity contribution in [1.82, 2.24) is 19.8 Å². The Labute approximate surface area is 170 Å². The van der Waals surface area contributed by atoms with Crippen molar-refractivity contribution in [3.8, 4) is 0 Å². The Morgan fingerprint density at radius 2 is 2.12 bits per heavy atom. The van der Waals surface area contributed by atoms with Crippen LogP contribution in [-0.4, -0.2) is 67.0 Å². The maximum Gasteiger partial charge on any atom is 0.319 e. The lowest BCUT2D eigenvalue weighted by molar-refractivity contribution is 0.00986. The van der Waals surface area contributed by atoms with Gasteiger partial charge >= 0.3 is 6.55 Å². The van der Waals surface area contributed by atoms with Gasteiger partial charge in [0.1, 0.15) is 5.82 Å². The molecule has 26 heavy (non-hydrogen) atoms. The highest BCUT2D eigenvalue weighted by Crippen LogP contribution is 2.15. The van der Waals surface area contributed by atoms with Crippen molar-refractivity contribution in [2.45, 2.75) is 38.5 Å². The maximum atomic E-state index is 12.8. The van der Waals surface area contributed by atoms with Crippen molar-refractivity contribution in [3.05, 3.63) is 18.2 Å². The van der Waals surface area contributed by atoms with Gasteiger partial charge < -0.3 is 19.7 Å². The first kappa shape index (κ1) is 23.0. The normalized spacial score (nSPS) is 16.0. The van der Waals surface area contributed by atoms with Crippen molar-refractivity contribution < 1.29 is 18.3 Å². The smallest absolute Gasteiger partial charge is 0.319 e. The summed E-state index contributed by atoms with van der Waals surface area (Å²) in [7, 11) is 3.38. The van der Waals surface area contributed by atoms with Gasteiger partial charge in [0.25, 0.3) is 0 Å². The Morgan fingerprint density at radius 1 is 1.38 bits per heavy atom. The Bertz CT molecular complexity index is 536. The topological polar surface area (TPSA) is 63.9 Å². The van der Waals surface area contributed by atoms with Crippen LogP contribution >= 0.6 is 24.0 Å². The number of guanidine groups is 1. The van der Waals surface area contributed by atoms with Crippen LogP contribution in [0.25, 0.3) is 0 Å². The van der Waals surface area contributed by atoms with Gasteiger partial charge in [0, 0.05) is 52.9 Å². The number of methoxy groups -OCH3 is 1. The molecular formula is C16H28F2IN5O2. The maximum absolute atomic E-state index is 12.8. The van der Waals surface area contributed by atoms with Crippen molar-refractivity contribution in [3.63, 3.8) is 0 Å². The largest absolute Gasteiger partial charge is 0.385 e. The summed E-state index contributed by atoms with van der Waals surface area (Å²) in [5, 5.41) is 3.11. The molecule has 1 aromatic rings. The van der Waals surface area contributed by atoms with Crippen molar-refractivity contribution in [2.75, 3.05) is 40.5 Å². The zero-order valence-corrected chi connectivity index (χ0v) is 17.6. The van der Waals surface area contributed by atoms with E-state index in [-0.39, 0.29) is 42.4 Å². The standard InChI is InChI=1S/C16H27F2N5O2.HI/c1-19-16(21-12-14-20-6-9-23(14)15(17)18)22-7-4-13(5-8-22)25-11-3-10-24-2;/h6,9,13,15H,3-5,7-8,10-12H2,1-2H3,(H,19,21);1H. The minimum absolute atomic E-state index is 0. The fourth-order valence-corrected chi connectivity index (χ4v) is 2.84. The van der Waals surface area contributed by atoms with E-state index in [1.807, 2.05) is 0 Å². The predicted molar refractivity (Wildman–Crippen MR) is 106 cm³/mol. The van der Waals surface area contributed by atoms with Gasteiger partial charge in [0.05, 0.1) is 12.6 Å². The zero-order valence-electron chi connectivity index (χ0n) is 15.2. The highest BCUT2D eigenvalue weighted by atomic mass is 127. The number of nitrogens with one attached hydrogen (secondary N) is 1. The highest BCUT2D eigenvalue weighted by molar-refractivity contribution is 14.0. The molecule has 0 amide bonds. The number of imidazole rings is 1. The Morgan fingerprint density at radius 3 is 2.73 bits per heavy atom. The quantitative estimate of drug-likeness (QED) is 0.264. The molecule has 2 rings (SSSR count). The number of ether oxygens (including phenoxy) is 2. The molecule has 0 spiro atoms. The summed E-state index contributed by atoms with van der Waals surface area (Å²) in [5.74, 6) is 0.981. The van der Waals surface area contributed by atoms with Gasteiger partial charge in [-0.1, -0.05) is 0 Å². The Balaban J connectivity index is 0.00000338. The van der Waals surface area contributed by atoms with Crippen molar-refractivity contribution in [1.29, 1.82) is 0 Å². The summed E-state index contributed by atoms with van der Waals surface area (Å²) in [6, 6.07) is 0. The molecule has 0 radical (unpaired) electrons. The molecule has 0 atom stereocenters. The molecule has 1 aliphatic heterocycles. The SMILES string of the molecule is CN=C(NCc1nccn1C(F)F)N1CCC(OCCCOC)CC1.I. The van der Waals surface area contributed by atoms with E-state index in [9.17, 15) is 8.78 Å². The van der Waals surface area contributed by atoms with Crippen LogP contribution in [0, 0.1) is 0 Å². The lowest BCUT2D eigenvalue weighted by atomic mass is 10.1. The van der Waals surface area contributed by atoms with E-state index in [0.717, 1.165) is 36.9 Å². The number of aliphatic imine (C=N–C) groups is 1. The second kappa shape index (κ2) is 12.4. The summed E-state index contributed by atoms with van der Waals surface area (Å²) in [4.78, 5) is 10.3. The number of hydrogen-bond acceptors (Lipinski definition) is 4. The van der Waals surface area contributed by atoms with Crippen LogP contribution in [0.15, 0.2) is 17.4 Å². The number of halogens is 3. The summed E-state index contributed by atoms with van der Waals surface area (Å²) in [6.45, 7) is 0.672. The minimum Gasteiger partial charge on any atom is -0.385 e. The van der Waals surface area contributed by atoms with E-state index in [2.05, 4.69) is 20.2 Å². The van der Waals surface area contributed by atoms with E-state index in [1.54, 1.807) is 14.2 Å². The summed E-state index contributed by atoms with van der Waals surface area (Å²) >= 11 is 0. The van der Waals surface area contributed by atoms with Crippen LogP contribution in [0.4, 0.5) is 8.78 Å². The van der Waals surface area contributed by atoms with Gasteiger partial charge in [-0.25, -0.2) is 4.98 Å². The van der Waals surface area contributed by atoms with E-state index in [4.69, 9.17) is 9.47 Å². The number of aromatic nitrogens is 2. The van der Waals surface area contributed by atoms with Crippen molar-refractivity contribution >= 4 is 29.9 Å². The van der Waals surface area contributed by atoms with Gasteiger partial charge in [0.2, 0.25) is 0 Å². The molecule has 1 N–H and O–H groups in total. The second-order valence-electron chi connectivity index (χ2n) is 5.83. The average molecular weight is 487 g/mol. The lowest BCUT2D eigenvalue weighted by Crippen LogP contribution is -2.47. The molecule has 1 fully saturated rings. The molecule has 0 saturated carbocycles. The molecule has 0 unspecified atom stereocenters. The van der Waals surface area contributed by atoms with E-state index >= 15 is 0 Å². The predicted octanol–water partition coefficient (Wildman–Crippen LogP) is 2.49. The molecule has 1 aliphatic rings. The third-order valence-electron chi connectivity index (χ3n) is 4.16. The molecule has 10 heteroatoms. The van der Waals surface area contributed by atoms with Gasteiger partial charge in [-0.15, -0.1) is 24.0 Å². The van der Waals surface area contributed by atoms with Crippen LogP contribution < -0.4 is 5.32 Å². The number of likely N-dealkylation sites (tertiary alicyclic amines) is 1. The molecule has 150 valence electrons. The van der Waals surface area contributed by atoms with Gasteiger partial charge in [-0.3, -0.25) is 9.56 Å². The first-order valence-corrected chi connectivity index (χ1v) is 8.51. The van der Waals surface area contributed by atoms with Crippen LogP contribution in [0.1, 0.15) is 31.6 Å². The van der Waals surface area contributed by atoms with Gasteiger partial charge in [0.15, 0.2) is 5.96 Å². The fourth-order valence-electron chi connectivity index (χ4n) is 2.84. The number of rotatable bonds is 8. The molecule has 0 aromatic carbocycles. The van der Waals surface area contributed by atoms with Crippen LogP contribution in [0.2, 0.25) is 0 Å². The highest BCUT2D eigenvalue weighted by Gasteiger charge is 2.22. The Hall–Kier alpha value is -1.01. The molecule has 7 nitrogen and oxygen atoms in total. The molecular weight excluding hydrogens is 459 g/mol. The lowest BCUT2D eigenvalue weighted by Gasteiger charge is -2.34. The zero-order chi connectivity index (χ0) is 18.1. The van der Waals surface area contributed by atoms with Crippen LogP contribution in [-0.2, 0) is 16.0 Å². The second-order valence-corrected chi connectivity index (χ2v) is 5.83. The third kappa shape index (κ3) is 6.95.